The van der Waals surface area contributed by atoms with Crippen LogP contribution in [0.25, 0.3) is 0 Å². The largest absolute Gasteiger partial charge is 0.354 e. The predicted molar refractivity (Wildman–Crippen MR) is 193 cm³/mol. The second kappa shape index (κ2) is 14.3. The fourth-order valence-electron chi connectivity index (χ4n) is 5.25. The molecule has 0 amide bonds. The Morgan fingerprint density at radius 3 is 1.40 bits per heavy atom. The first kappa shape index (κ1) is 37.8. The molecule has 0 saturated heterocycles. The molecule has 18 nitrogen and oxygen atoms in total. The highest BCUT2D eigenvalue weighted by molar-refractivity contribution is 7.86. The number of nitrogens with zero attached hydrogens (tertiary/aromatic N) is 2. The van der Waals surface area contributed by atoms with Crippen LogP contribution >= 0.6 is 0 Å². The molecular weight excluding hydrogens is 737 g/mol. The SMILES string of the molecule is CC1=C(Nc2ccc(Nc3ccc([N+](=O)[O-])cc3S(=O)(=O)O)cc2C)C(=O)C=C(Nc2ccc(Nc3ccc([N+](=O)[O-])cc3S(=O)(=O)O)cc2C)C1=O. The molecule has 0 atom stereocenters. The van der Waals surface area contributed by atoms with Gasteiger partial charge in [-0.25, -0.2) is 0 Å². The van der Waals surface area contributed by atoms with Crippen LogP contribution < -0.4 is 21.3 Å². The number of aryl methyl sites for hydroxylation is 2. The van der Waals surface area contributed by atoms with Crippen LogP contribution in [0.4, 0.5) is 45.5 Å². The summed E-state index contributed by atoms with van der Waals surface area (Å²) in [6.45, 7) is 4.81. The van der Waals surface area contributed by atoms with Gasteiger partial charge in [0.2, 0.25) is 11.6 Å². The van der Waals surface area contributed by atoms with E-state index >= 15 is 0 Å². The van der Waals surface area contributed by atoms with Crippen molar-refractivity contribution in [2.24, 2.45) is 0 Å². The molecule has 0 aromatic heterocycles. The second-order valence-corrected chi connectivity index (χ2v) is 14.4. The lowest BCUT2D eigenvalue weighted by Gasteiger charge is -2.21. The summed E-state index contributed by atoms with van der Waals surface area (Å²) in [7, 11) is -9.65. The summed E-state index contributed by atoms with van der Waals surface area (Å²) in [5.41, 5.74) is 1.41. The van der Waals surface area contributed by atoms with E-state index in [1.165, 1.54) is 19.1 Å². The lowest BCUT2D eigenvalue weighted by atomic mass is 9.97. The molecule has 1 aliphatic carbocycles. The molecule has 6 N–H and O–H groups in total. The van der Waals surface area contributed by atoms with Crippen molar-refractivity contribution in [2.75, 3.05) is 21.3 Å². The van der Waals surface area contributed by atoms with E-state index in [4.69, 9.17) is 0 Å². The normalized spacial score (nSPS) is 13.3. The van der Waals surface area contributed by atoms with Gasteiger partial charge < -0.3 is 21.3 Å². The summed E-state index contributed by atoms with van der Waals surface area (Å²) >= 11 is 0. The number of hydrogen-bond acceptors (Lipinski definition) is 14. The second-order valence-electron chi connectivity index (χ2n) is 11.6. The van der Waals surface area contributed by atoms with E-state index in [9.17, 15) is 55.8 Å². The number of carbonyl (C=O) groups is 2. The number of anilines is 6. The van der Waals surface area contributed by atoms with Gasteiger partial charge in [-0.3, -0.25) is 38.9 Å². The van der Waals surface area contributed by atoms with Crippen molar-refractivity contribution in [3.8, 4) is 0 Å². The van der Waals surface area contributed by atoms with Crippen LogP contribution in [0.15, 0.2) is 106 Å². The van der Waals surface area contributed by atoms with Crippen molar-refractivity contribution < 1.29 is 45.4 Å². The molecule has 53 heavy (non-hydrogen) atoms. The van der Waals surface area contributed by atoms with Crippen molar-refractivity contribution in [3.63, 3.8) is 0 Å². The first-order chi connectivity index (χ1) is 24.7. The maximum Gasteiger partial charge on any atom is 0.296 e. The van der Waals surface area contributed by atoms with E-state index in [2.05, 4.69) is 21.3 Å². The number of non-ortho nitro benzene ring substituents is 2. The number of Topliss-reactive ketones (excluding diaryl/α,β-unsaturated/α-hetero) is 1. The first-order valence-electron chi connectivity index (χ1n) is 15.1. The van der Waals surface area contributed by atoms with Crippen LogP contribution in [0.3, 0.4) is 0 Å². The number of nitro benzene ring substituents is 2. The summed E-state index contributed by atoms with van der Waals surface area (Å²) in [5, 5.41) is 33.7. The standard InChI is InChI=1S/C33H28N6O12S2/c1-17-12-20(34-26-10-6-22(38(42)43)14-30(26)52(46,47)48)4-8-24(17)36-28-16-29(40)32(19(3)33(28)41)37-25-9-5-21(13-18(25)2)35-27-11-7-23(39(44)45)15-31(27)53(49,50)51/h4-16,34-37H,1-3H3,(H,46,47,48)(H,49,50,51). The molecule has 274 valence electrons. The molecule has 4 aromatic rings. The molecule has 0 aliphatic heterocycles. The van der Waals surface area contributed by atoms with Gasteiger partial charge in [0.1, 0.15) is 9.79 Å². The zero-order chi connectivity index (χ0) is 39.0. The maximum atomic E-state index is 13.4. The zero-order valence-corrected chi connectivity index (χ0v) is 29.3. The number of ketones is 2. The number of rotatable bonds is 12. The summed E-state index contributed by atoms with van der Waals surface area (Å²) in [6.07, 6.45) is 1.12. The molecule has 0 fully saturated rings. The Kier molecular flexibility index (Phi) is 10.2. The fraction of sp³-hybridized carbons (Fsp3) is 0.0909. The molecule has 0 radical (unpaired) electrons. The monoisotopic (exact) mass is 764 g/mol. The number of carbonyl (C=O) groups excluding carboxylic acids is 2. The zero-order valence-electron chi connectivity index (χ0n) is 27.7. The van der Waals surface area contributed by atoms with Crippen molar-refractivity contribution in [1.82, 2.24) is 0 Å². The van der Waals surface area contributed by atoms with E-state index in [-0.39, 0.29) is 28.3 Å². The Balaban J connectivity index is 1.31. The van der Waals surface area contributed by atoms with Gasteiger partial charge in [-0.15, -0.1) is 0 Å². The van der Waals surface area contributed by atoms with Gasteiger partial charge in [0.25, 0.3) is 31.6 Å². The van der Waals surface area contributed by atoms with Crippen LogP contribution in [0, 0.1) is 34.1 Å². The Bertz CT molecular complexity index is 2550. The highest BCUT2D eigenvalue weighted by Crippen LogP contribution is 2.33. The molecule has 5 rings (SSSR count). The molecule has 4 aromatic carbocycles. The number of benzene rings is 4. The summed E-state index contributed by atoms with van der Waals surface area (Å²) < 4.78 is 66.8. The van der Waals surface area contributed by atoms with Crippen LogP contribution in [0.1, 0.15) is 18.1 Å². The number of nitro groups is 2. The molecule has 0 unspecified atom stereocenters. The third-order valence-electron chi connectivity index (χ3n) is 7.93. The van der Waals surface area contributed by atoms with Crippen molar-refractivity contribution in [1.29, 1.82) is 0 Å². The molecule has 0 spiro atoms. The molecule has 1 aliphatic rings. The van der Waals surface area contributed by atoms with E-state index in [0.717, 1.165) is 42.5 Å². The summed E-state index contributed by atoms with van der Waals surface area (Å²) in [6, 6.07) is 15.2. The number of allylic oxidation sites excluding steroid dienone is 2. The van der Waals surface area contributed by atoms with E-state index in [1.54, 1.807) is 38.1 Å². The molecule has 0 saturated carbocycles. The molecule has 0 bridgehead atoms. The van der Waals surface area contributed by atoms with Gasteiger partial charge in [0.15, 0.2) is 0 Å². The Labute approximate surface area is 301 Å². The third kappa shape index (κ3) is 8.37. The minimum Gasteiger partial charge on any atom is -0.354 e. The smallest absolute Gasteiger partial charge is 0.296 e. The van der Waals surface area contributed by atoms with E-state index in [1.807, 2.05) is 0 Å². The first-order valence-corrected chi connectivity index (χ1v) is 17.9. The summed E-state index contributed by atoms with van der Waals surface area (Å²) in [4.78, 5) is 45.8. The fourth-order valence-corrected chi connectivity index (χ4v) is 6.59. The minimum atomic E-state index is -4.83. The van der Waals surface area contributed by atoms with Gasteiger partial charge >= 0.3 is 0 Å². The average molecular weight is 765 g/mol. The Morgan fingerprint density at radius 2 is 1.00 bits per heavy atom. The van der Waals surface area contributed by atoms with Gasteiger partial charge in [-0.1, -0.05) is 0 Å². The minimum absolute atomic E-state index is 0.00222. The summed E-state index contributed by atoms with van der Waals surface area (Å²) in [5.74, 6) is -1.02. The highest BCUT2D eigenvalue weighted by atomic mass is 32.2. The Hall–Kier alpha value is -6.48. The van der Waals surface area contributed by atoms with E-state index < -0.39 is 62.8 Å². The van der Waals surface area contributed by atoms with Crippen LogP contribution in [0.2, 0.25) is 0 Å². The van der Waals surface area contributed by atoms with Crippen LogP contribution in [0.5, 0.6) is 0 Å². The predicted octanol–water partition coefficient (Wildman–Crippen LogP) is 5.93. The highest BCUT2D eigenvalue weighted by Gasteiger charge is 2.27. The maximum absolute atomic E-state index is 13.4. The van der Waals surface area contributed by atoms with Gasteiger partial charge in [-0.2, -0.15) is 16.8 Å². The van der Waals surface area contributed by atoms with Crippen molar-refractivity contribution in [2.45, 2.75) is 30.6 Å². The van der Waals surface area contributed by atoms with Crippen LogP contribution in [-0.2, 0) is 29.8 Å². The molecular formula is C33H28N6O12S2. The molecule has 0 heterocycles. The van der Waals surface area contributed by atoms with Gasteiger partial charge in [0.05, 0.1) is 32.6 Å². The molecule has 20 heteroatoms. The van der Waals surface area contributed by atoms with Crippen LogP contribution in [-0.4, -0.2) is 47.4 Å². The van der Waals surface area contributed by atoms with E-state index in [0.29, 0.717) is 33.9 Å². The van der Waals surface area contributed by atoms with Crippen molar-refractivity contribution in [3.05, 3.63) is 127 Å². The lowest BCUT2D eigenvalue weighted by Crippen LogP contribution is -2.26. The average Bonchev–Trinajstić information content (AvgIpc) is 3.06. The number of nitrogens with one attached hydrogen (secondary N) is 4. The topological polar surface area (TPSA) is 277 Å². The number of hydrogen-bond donors (Lipinski definition) is 6. The van der Waals surface area contributed by atoms with Gasteiger partial charge in [0, 0.05) is 58.7 Å². The lowest BCUT2D eigenvalue weighted by molar-refractivity contribution is -0.385. The Morgan fingerprint density at radius 1 is 0.585 bits per heavy atom. The van der Waals surface area contributed by atoms with Crippen molar-refractivity contribution >= 4 is 77.3 Å². The van der Waals surface area contributed by atoms with Gasteiger partial charge in [-0.05, 0) is 80.4 Å². The third-order valence-corrected chi connectivity index (χ3v) is 9.72. The quantitative estimate of drug-likeness (QED) is 0.0422.